The van der Waals surface area contributed by atoms with Gasteiger partial charge in [-0.1, -0.05) is 71.6 Å². The zero-order chi connectivity index (χ0) is 12.1. The number of hydrogen-bond donors (Lipinski definition) is 0. The minimum absolute atomic E-state index is 0.568. The van der Waals surface area contributed by atoms with Gasteiger partial charge in [0, 0.05) is 5.25 Å². The molecule has 1 heteroatoms. The molecule has 1 radical (unpaired) electrons. The number of unbranched alkanes of at least 4 members (excludes halogenated alkanes) is 9. The second kappa shape index (κ2) is 13.4. The molecule has 16 heavy (non-hydrogen) atoms. The quantitative estimate of drug-likeness (QED) is 0.387. The summed E-state index contributed by atoms with van der Waals surface area (Å²) in [6, 6.07) is 0. The Labute approximate surface area is 108 Å². The molecule has 0 nitrogen and oxygen atoms in total. The Hall–Kier alpha value is 0.350. The van der Waals surface area contributed by atoms with E-state index in [1.165, 1.54) is 70.0 Å². The second-order valence-electron chi connectivity index (χ2n) is 4.86. The van der Waals surface area contributed by atoms with E-state index in [2.05, 4.69) is 20.8 Å². The van der Waals surface area contributed by atoms with Crippen molar-refractivity contribution in [2.75, 3.05) is 5.75 Å². The van der Waals surface area contributed by atoms with Crippen molar-refractivity contribution in [2.45, 2.75) is 83.3 Å². The molecule has 0 saturated carbocycles. The maximum Gasteiger partial charge on any atom is 0.00191 e. The fourth-order valence-electron chi connectivity index (χ4n) is 1.87. The molecule has 0 aromatic carbocycles. The Balaban J connectivity index is 2.88. The van der Waals surface area contributed by atoms with E-state index in [9.17, 15) is 0 Å². The van der Waals surface area contributed by atoms with Gasteiger partial charge < -0.3 is 0 Å². The van der Waals surface area contributed by atoms with Crippen molar-refractivity contribution in [3.05, 3.63) is 6.92 Å². The van der Waals surface area contributed by atoms with Crippen LogP contribution in [0, 0.1) is 6.92 Å². The molecule has 0 rings (SSSR count). The summed E-state index contributed by atoms with van der Waals surface area (Å²) in [7, 11) is 0. The predicted molar refractivity (Wildman–Crippen MR) is 79.1 cm³/mol. The van der Waals surface area contributed by atoms with Gasteiger partial charge in [0.05, 0.1) is 0 Å². The molecule has 0 aliphatic rings. The largest absolute Gasteiger partial charge is 0.159 e. The third-order valence-electron chi connectivity index (χ3n) is 2.90. The number of thioether (sulfide) groups is 1. The van der Waals surface area contributed by atoms with Gasteiger partial charge in [0.25, 0.3) is 0 Å². The van der Waals surface area contributed by atoms with E-state index in [0.717, 1.165) is 0 Å². The van der Waals surface area contributed by atoms with Gasteiger partial charge in [0.15, 0.2) is 0 Å². The molecule has 0 aliphatic carbocycles. The summed E-state index contributed by atoms with van der Waals surface area (Å²) in [4.78, 5) is 0. The molecule has 97 valence electrons. The summed E-state index contributed by atoms with van der Waals surface area (Å²) in [6.07, 6.45) is 14.3. The van der Waals surface area contributed by atoms with E-state index in [4.69, 9.17) is 0 Å². The summed E-state index contributed by atoms with van der Waals surface area (Å²) < 4.78 is 0. The Bertz CT molecular complexity index is 121. The highest BCUT2D eigenvalue weighted by Crippen LogP contribution is 2.14. The average molecular weight is 243 g/mol. The lowest BCUT2D eigenvalue weighted by molar-refractivity contribution is 0.563. The Kier molecular flexibility index (Phi) is 13.7. The first-order valence-electron chi connectivity index (χ1n) is 7.22. The van der Waals surface area contributed by atoms with Crippen LogP contribution in [-0.4, -0.2) is 11.0 Å². The van der Waals surface area contributed by atoms with Crippen molar-refractivity contribution in [2.24, 2.45) is 0 Å². The molecule has 0 aliphatic heterocycles. The van der Waals surface area contributed by atoms with Crippen molar-refractivity contribution < 1.29 is 0 Å². The maximum absolute atomic E-state index is 3.98. The van der Waals surface area contributed by atoms with Crippen LogP contribution in [0.2, 0.25) is 0 Å². The predicted octanol–water partition coefficient (Wildman–Crippen LogP) is 5.86. The summed E-state index contributed by atoms with van der Waals surface area (Å²) in [5.41, 5.74) is 0. The molecular formula is C15H31S. The van der Waals surface area contributed by atoms with Crippen molar-refractivity contribution in [3.63, 3.8) is 0 Å². The fourth-order valence-corrected chi connectivity index (χ4v) is 2.65. The zero-order valence-corrected chi connectivity index (χ0v) is 12.3. The maximum atomic E-state index is 3.98. The summed E-state index contributed by atoms with van der Waals surface area (Å²) in [5.74, 6) is 1.31. The highest BCUT2D eigenvalue weighted by atomic mass is 32.2. The van der Waals surface area contributed by atoms with Crippen molar-refractivity contribution >= 4 is 11.8 Å². The third kappa shape index (κ3) is 14.4. The molecule has 0 fully saturated rings. The summed E-state index contributed by atoms with van der Waals surface area (Å²) in [6.45, 7) is 8.45. The molecule has 0 spiro atoms. The van der Waals surface area contributed by atoms with Crippen LogP contribution in [0.15, 0.2) is 0 Å². The van der Waals surface area contributed by atoms with E-state index in [1.807, 2.05) is 11.8 Å². The van der Waals surface area contributed by atoms with E-state index in [-0.39, 0.29) is 0 Å². The highest BCUT2D eigenvalue weighted by molar-refractivity contribution is 7.99. The van der Waals surface area contributed by atoms with Gasteiger partial charge in [0.1, 0.15) is 0 Å². The van der Waals surface area contributed by atoms with Crippen LogP contribution in [0.25, 0.3) is 0 Å². The smallest absolute Gasteiger partial charge is 0.00191 e. The fraction of sp³-hybridized carbons (Fsp3) is 0.933. The normalized spacial score (nSPS) is 11.2. The molecule has 0 saturated heterocycles. The lowest BCUT2D eigenvalue weighted by Gasteiger charge is -2.04. The van der Waals surface area contributed by atoms with Crippen molar-refractivity contribution in [3.8, 4) is 0 Å². The third-order valence-corrected chi connectivity index (χ3v) is 3.99. The van der Waals surface area contributed by atoms with Gasteiger partial charge in [0.2, 0.25) is 0 Å². The van der Waals surface area contributed by atoms with Gasteiger partial charge in [-0.15, -0.1) is 0 Å². The van der Waals surface area contributed by atoms with Crippen LogP contribution in [0.4, 0.5) is 0 Å². The zero-order valence-electron chi connectivity index (χ0n) is 11.5. The molecule has 0 bridgehead atoms. The summed E-state index contributed by atoms with van der Waals surface area (Å²) >= 11 is 2.00. The topological polar surface area (TPSA) is 0 Å². The molecule has 0 aromatic heterocycles. The molecule has 0 amide bonds. The first-order valence-corrected chi connectivity index (χ1v) is 8.27. The van der Waals surface area contributed by atoms with Crippen LogP contribution < -0.4 is 0 Å². The van der Waals surface area contributed by atoms with Gasteiger partial charge >= 0.3 is 0 Å². The minimum atomic E-state index is 0.568. The van der Waals surface area contributed by atoms with E-state index in [1.54, 1.807) is 0 Å². The minimum Gasteiger partial charge on any atom is -0.159 e. The van der Waals surface area contributed by atoms with Crippen molar-refractivity contribution in [1.82, 2.24) is 0 Å². The van der Waals surface area contributed by atoms with E-state index >= 15 is 0 Å². The van der Waals surface area contributed by atoms with Crippen molar-refractivity contribution in [1.29, 1.82) is 0 Å². The second-order valence-corrected chi connectivity index (χ2v) is 6.41. The van der Waals surface area contributed by atoms with Crippen LogP contribution >= 0.6 is 11.8 Å². The Morgan fingerprint density at radius 2 is 1.25 bits per heavy atom. The Morgan fingerprint density at radius 1 is 0.812 bits per heavy atom. The highest BCUT2D eigenvalue weighted by Gasteiger charge is 1.95. The molecule has 0 aromatic rings. The molecular weight excluding hydrogens is 212 g/mol. The van der Waals surface area contributed by atoms with Crippen LogP contribution in [-0.2, 0) is 0 Å². The number of rotatable bonds is 12. The monoisotopic (exact) mass is 243 g/mol. The van der Waals surface area contributed by atoms with Crippen LogP contribution in [0.5, 0.6) is 0 Å². The molecule has 0 N–H and O–H groups in total. The molecule has 1 unspecified atom stereocenters. The Morgan fingerprint density at radius 3 is 1.69 bits per heavy atom. The molecule has 0 heterocycles. The lowest BCUT2D eigenvalue weighted by atomic mass is 10.1. The van der Waals surface area contributed by atoms with Gasteiger partial charge in [-0.25, -0.2) is 0 Å². The summed E-state index contributed by atoms with van der Waals surface area (Å²) in [5, 5.41) is 0.568. The van der Waals surface area contributed by atoms with Gasteiger partial charge in [-0.05, 0) is 19.1 Å². The molecule has 1 atom stereocenters. The average Bonchev–Trinajstić information content (AvgIpc) is 2.25. The standard InChI is InChI=1S/C15H31S/c1-4-5-6-7-8-9-10-11-12-13-14-16-15(2)3/h15H,2,4-14H2,1,3H3. The van der Waals surface area contributed by atoms with Crippen LogP contribution in [0.3, 0.4) is 0 Å². The number of hydrogen-bond acceptors (Lipinski definition) is 1. The van der Waals surface area contributed by atoms with Crippen LogP contribution in [0.1, 0.15) is 78.1 Å². The first kappa shape index (κ1) is 16.4. The van der Waals surface area contributed by atoms with Gasteiger partial charge in [-0.3, -0.25) is 0 Å². The van der Waals surface area contributed by atoms with E-state index < -0.39 is 0 Å². The first-order chi connectivity index (χ1) is 7.77. The van der Waals surface area contributed by atoms with Gasteiger partial charge in [-0.2, -0.15) is 11.8 Å². The lowest BCUT2D eigenvalue weighted by Crippen LogP contribution is -1.90. The van der Waals surface area contributed by atoms with E-state index in [0.29, 0.717) is 5.25 Å². The SMILES string of the molecule is [CH2]C(C)SCCCCCCCCCCCC.